The zero-order valence-electron chi connectivity index (χ0n) is 11.8. The average molecular weight is 335 g/mol. The third-order valence-electron chi connectivity index (χ3n) is 3.45. The zero-order valence-corrected chi connectivity index (χ0v) is 11.8. The van der Waals surface area contributed by atoms with Crippen molar-refractivity contribution in [1.29, 1.82) is 0 Å². The first-order chi connectivity index (χ1) is 11.3. The van der Waals surface area contributed by atoms with Gasteiger partial charge in [-0.15, -0.1) is 0 Å². The number of carbonyl (C=O) groups excluding carboxylic acids is 1. The molecule has 0 saturated carbocycles. The number of fused-ring (bicyclic) bond motifs is 1. The molecule has 0 aliphatic carbocycles. The summed E-state index contributed by atoms with van der Waals surface area (Å²) in [6.45, 7) is 0. The van der Waals surface area contributed by atoms with E-state index in [9.17, 15) is 28.1 Å². The lowest BCUT2D eigenvalue weighted by Crippen LogP contribution is -2.07. The van der Waals surface area contributed by atoms with Crippen molar-refractivity contribution < 1.29 is 27.6 Å². The first-order valence-corrected chi connectivity index (χ1v) is 6.66. The Balaban J connectivity index is 2.10. The van der Waals surface area contributed by atoms with Gasteiger partial charge in [0.2, 0.25) is 0 Å². The largest absolute Gasteiger partial charge is 0.422 e. The highest BCUT2D eigenvalue weighted by atomic mass is 19.4. The molecule has 0 fully saturated rings. The van der Waals surface area contributed by atoms with Crippen molar-refractivity contribution in [3.63, 3.8) is 0 Å². The topological polar surface area (TPSA) is 69.4 Å². The van der Waals surface area contributed by atoms with Gasteiger partial charge in [0.25, 0.3) is 5.69 Å². The van der Waals surface area contributed by atoms with E-state index in [1.807, 2.05) is 0 Å². The molecule has 2 aromatic carbocycles. The van der Waals surface area contributed by atoms with E-state index in [4.69, 9.17) is 4.74 Å². The summed E-state index contributed by atoms with van der Waals surface area (Å²) in [5.41, 5.74) is -1.19. The number of nitro benzene ring substituents is 1. The smallest absolute Gasteiger partial charge is 0.416 e. The van der Waals surface area contributed by atoms with Crippen LogP contribution < -0.4 is 0 Å². The first kappa shape index (κ1) is 15.7. The van der Waals surface area contributed by atoms with Crippen molar-refractivity contribution in [2.45, 2.75) is 6.18 Å². The van der Waals surface area contributed by atoms with Gasteiger partial charge in [-0.2, -0.15) is 13.2 Å². The van der Waals surface area contributed by atoms with Crippen molar-refractivity contribution in [2.24, 2.45) is 0 Å². The van der Waals surface area contributed by atoms with Crippen molar-refractivity contribution in [3.05, 3.63) is 74.8 Å². The second-order valence-electron chi connectivity index (χ2n) is 4.97. The minimum atomic E-state index is -4.56. The second-order valence-corrected chi connectivity index (χ2v) is 4.97. The van der Waals surface area contributed by atoms with Crippen LogP contribution >= 0.6 is 0 Å². The Morgan fingerprint density at radius 1 is 1.08 bits per heavy atom. The number of benzene rings is 2. The molecule has 122 valence electrons. The van der Waals surface area contributed by atoms with Gasteiger partial charge in [0.05, 0.1) is 16.1 Å². The summed E-state index contributed by atoms with van der Waals surface area (Å²) in [5.74, 6) is -0.925. The van der Waals surface area contributed by atoms with Gasteiger partial charge >= 0.3 is 12.1 Å². The number of rotatable bonds is 2. The van der Waals surface area contributed by atoms with Gasteiger partial charge in [-0.05, 0) is 23.8 Å². The second kappa shape index (κ2) is 5.48. The fraction of sp³-hybridized carbons (Fsp3) is 0.0625. The molecule has 1 aliphatic heterocycles. The highest BCUT2D eigenvalue weighted by Crippen LogP contribution is 2.37. The van der Waals surface area contributed by atoms with Crippen LogP contribution in [0.2, 0.25) is 0 Å². The van der Waals surface area contributed by atoms with E-state index in [-0.39, 0.29) is 28.1 Å². The lowest BCUT2D eigenvalue weighted by atomic mass is 10.0. The Labute approximate surface area is 133 Å². The number of halogens is 3. The number of non-ortho nitro benzene ring substituents is 1. The standard InChI is InChI=1S/C16H8F3NO4/c17-16(18,19)13-4-2-1-3-9(13)7-14-11-6-5-10(20(22)23)8-12(11)15(21)24-14/h1-8H. The summed E-state index contributed by atoms with van der Waals surface area (Å²) in [6.07, 6.45) is -3.47. The summed E-state index contributed by atoms with van der Waals surface area (Å²) in [7, 11) is 0. The molecule has 8 heteroatoms. The van der Waals surface area contributed by atoms with Crippen LogP contribution in [0.5, 0.6) is 0 Å². The lowest BCUT2D eigenvalue weighted by molar-refractivity contribution is -0.384. The predicted octanol–water partition coefficient (Wildman–Crippen LogP) is 4.28. The summed E-state index contributed by atoms with van der Waals surface area (Å²) < 4.78 is 44.0. The van der Waals surface area contributed by atoms with Gasteiger partial charge in [-0.3, -0.25) is 10.1 Å². The minimum Gasteiger partial charge on any atom is -0.422 e. The Morgan fingerprint density at radius 2 is 1.79 bits per heavy atom. The molecule has 3 rings (SSSR count). The van der Waals surface area contributed by atoms with Crippen molar-refractivity contribution in [2.75, 3.05) is 0 Å². The van der Waals surface area contributed by atoms with E-state index in [1.165, 1.54) is 24.3 Å². The molecule has 1 heterocycles. The Hall–Kier alpha value is -3.16. The predicted molar refractivity (Wildman–Crippen MR) is 77.8 cm³/mol. The molecule has 1 aliphatic rings. The summed E-state index contributed by atoms with van der Waals surface area (Å²) in [5, 5.41) is 10.7. The number of hydrogen-bond donors (Lipinski definition) is 0. The number of carbonyl (C=O) groups is 1. The number of cyclic esters (lactones) is 1. The van der Waals surface area contributed by atoms with Crippen LogP contribution in [0.15, 0.2) is 42.5 Å². The van der Waals surface area contributed by atoms with E-state index >= 15 is 0 Å². The lowest BCUT2D eigenvalue weighted by Gasteiger charge is -2.10. The molecule has 0 bridgehead atoms. The maximum atomic E-state index is 13.0. The van der Waals surface area contributed by atoms with E-state index < -0.39 is 22.6 Å². The molecule has 0 radical (unpaired) electrons. The van der Waals surface area contributed by atoms with E-state index in [0.717, 1.165) is 24.3 Å². The third-order valence-corrected chi connectivity index (χ3v) is 3.45. The molecule has 5 nitrogen and oxygen atoms in total. The van der Waals surface area contributed by atoms with Gasteiger partial charge in [0.1, 0.15) is 5.76 Å². The van der Waals surface area contributed by atoms with Gasteiger partial charge in [-0.25, -0.2) is 4.79 Å². The van der Waals surface area contributed by atoms with E-state index in [2.05, 4.69) is 0 Å². The van der Waals surface area contributed by atoms with Gasteiger partial charge in [-0.1, -0.05) is 18.2 Å². The number of nitrogens with zero attached hydrogens (tertiary/aromatic N) is 1. The number of hydrogen-bond acceptors (Lipinski definition) is 4. The van der Waals surface area contributed by atoms with Gasteiger partial charge in [0, 0.05) is 17.7 Å². The van der Waals surface area contributed by atoms with Crippen molar-refractivity contribution in [3.8, 4) is 0 Å². The number of ether oxygens (including phenoxy) is 1. The maximum Gasteiger partial charge on any atom is 0.416 e. The third kappa shape index (κ3) is 2.73. The Bertz CT molecular complexity index is 887. The monoisotopic (exact) mass is 335 g/mol. The summed E-state index contributed by atoms with van der Waals surface area (Å²) in [4.78, 5) is 21.9. The number of alkyl halides is 3. The molecule has 2 aromatic rings. The van der Waals surface area contributed by atoms with Crippen LogP contribution in [-0.2, 0) is 10.9 Å². The van der Waals surface area contributed by atoms with Crippen LogP contribution in [0, 0.1) is 10.1 Å². The van der Waals surface area contributed by atoms with Crippen molar-refractivity contribution >= 4 is 23.5 Å². The number of nitro groups is 1. The molecule has 0 aromatic heterocycles. The van der Waals surface area contributed by atoms with Crippen LogP contribution in [-0.4, -0.2) is 10.9 Å². The van der Waals surface area contributed by atoms with Gasteiger partial charge in [0.15, 0.2) is 0 Å². The minimum absolute atomic E-state index is 0.0556. The molecule has 0 atom stereocenters. The SMILES string of the molecule is O=C1OC(=Cc2ccccc2C(F)(F)F)c2ccc([N+](=O)[O-])cc21. The van der Waals surface area contributed by atoms with Crippen LogP contribution in [0.25, 0.3) is 11.8 Å². The quantitative estimate of drug-likeness (QED) is 0.466. The molecule has 0 N–H and O–H groups in total. The normalized spacial score (nSPS) is 15.3. The highest BCUT2D eigenvalue weighted by molar-refractivity contribution is 6.06. The fourth-order valence-corrected chi connectivity index (χ4v) is 2.37. The molecule has 0 saturated heterocycles. The Kier molecular flexibility index (Phi) is 3.59. The molecular weight excluding hydrogens is 327 g/mol. The zero-order chi connectivity index (χ0) is 17.5. The number of esters is 1. The fourth-order valence-electron chi connectivity index (χ4n) is 2.37. The molecule has 0 unspecified atom stereocenters. The highest BCUT2D eigenvalue weighted by Gasteiger charge is 2.34. The maximum absolute atomic E-state index is 13.0. The summed E-state index contributed by atoms with van der Waals surface area (Å²) >= 11 is 0. The Morgan fingerprint density at radius 3 is 2.46 bits per heavy atom. The van der Waals surface area contributed by atoms with E-state index in [0.29, 0.717) is 0 Å². The van der Waals surface area contributed by atoms with Crippen molar-refractivity contribution in [1.82, 2.24) is 0 Å². The van der Waals surface area contributed by atoms with Crippen LogP contribution in [0.4, 0.5) is 18.9 Å². The van der Waals surface area contributed by atoms with Gasteiger partial charge < -0.3 is 4.74 Å². The molecular formula is C16H8F3NO4. The van der Waals surface area contributed by atoms with E-state index in [1.54, 1.807) is 0 Å². The van der Waals surface area contributed by atoms with Crippen LogP contribution in [0.1, 0.15) is 27.0 Å². The molecule has 0 spiro atoms. The molecule has 0 amide bonds. The van der Waals surface area contributed by atoms with Crippen LogP contribution in [0.3, 0.4) is 0 Å². The molecule has 24 heavy (non-hydrogen) atoms. The average Bonchev–Trinajstić information content (AvgIpc) is 2.82. The summed E-state index contributed by atoms with van der Waals surface area (Å²) in [6, 6.07) is 8.31. The first-order valence-electron chi connectivity index (χ1n) is 6.66.